The second kappa shape index (κ2) is 8.65. The molecule has 0 radical (unpaired) electrons. The van der Waals surface area contributed by atoms with Crippen molar-refractivity contribution < 1.29 is 9.59 Å². The number of likely N-dealkylation sites (tertiary alicyclic amines) is 1. The first-order valence-corrected chi connectivity index (χ1v) is 10.3. The zero-order valence-electron chi connectivity index (χ0n) is 16.8. The first-order chi connectivity index (χ1) is 14.1. The standard InChI is InChI=1S/C21H28N6O2/c1-14-4-6-16(7-5-14)24-21(29)23-11-15-3-2-10-27(13-15)20(28)19-17-12-22-9-8-18(17)25-26-19/h4-7,15,22H,2-3,8-13H2,1H3,(H,25,26)(H2,23,24,29). The van der Waals surface area contributed by atoms with Crippen molar-refractivity contribution in [2.75, 3.05) is 31.5 Å². The van der Waals surface area contributed by atoms with Gasteiger partial charge < -0.3 is 20.9 Å². The fourth-order valence-corrected chi connectivity index (χ4v) is 4.02. The van der Waals surface area contributed by atoms with Gasteiger partial charge >= 0.3 is 6.03 Å². The maximum absolute atomic E-state index is 13.0. The summed E-state index contributed by atoms with van der Waals surface area (Å²) in [5, 5.41) is 16.4. The largest absolute Gasteiger partial charge is 0.338 e. The number of rotatable bonds is 4. The summed E-state index contributed by atoms with van der Waals surface area (Å²) in [5.41, 5.74) is 4.52. The van der Waals surface area contributed by atoms with Crippen LogP contribution in [0.5, 0.6) is 0 Å². The van der Waals surface area contributed by atoms with E-state index in [9.17, 15) is 9.59 Å². The molecule has 4 N–H and O–H groups in total. The average molecular weight is 396 g/mol. The molecule has 0 spiro atoms. The highest BCUT2D eigenvalue weighted by Gasteiger charge is 2.29. The van der Waals surface area contributed by atoms with Crippen LogP contribution in [0.15, 0.2) is 24.3 Å². The summed E-state index contributed by atoms with van der Waals surface area (Å²) in [6, 6.07) is 7.47. The maximum Gasteiger partial charge on any atom is 0.319 e. The molecule has 8 heteroatoms. The molecule has 8 nitrogen and oxygen atoms in total. The third-order valence-corrected chi connectivity index (χ3v) is 5.68. The van der Waals surface area contributed by atoms with Gasteiger partial charge in [-0.2, -0.15) is 5.10 Å². The van der Waals surface area contributed by atoms with Crippen molar-refractivity contribution in [2.24, 2.45) is 5.92 Å². The Bertz CT molecular complexity index is 876. The topological polar surface area (TPSA) is 102 Å². The number of carbonyl (C=O) groups is 2. The van der Waals surface area contributed by atoms with Crippen molar-refractivity contribution in [3.8, 4) is 0 Å². The zero-order chi connectivity index (χ0) is 20.2. The van der Waals surface area contributed by atoms with Gasteiger partial charge in [0.1, 0.15) is 0 Å². The Morgan fingerprint density at radius 1 is 1.28 bits per heavy atom. The van der Waals surface area contributed by atoms with Crippen LogP contribution in [0.25, 0.3) is 0 Å². The lowest BCUT2D eigenvalue weighted by atomic mass is 9.97. The van der Waals surface area contributed by atoms with Gasteiger partial charge in [0.05, 0.1) is 0 Å². The van der Waals surface area contributed by atoms with Crippen LogP contribution in [0.2, 0.25) is 0 Å². The lowest BCUT2D eigenvalue weighted by Crippen LogP contribution is -2.44. The monoisotopic (exact) mass is 396 g/mol. The molecule has 1 saturated heterocycles. The highest BCUT2D eigenvalue weighted by molar-refractivity contribution is 5.94. The molecule has 2 aliphatic heterocycles. The normalized spacial score (nSPS) is 18.8. The summed E-state index contributed by atoms with van der Waals surface area (Å²) in [5.74, 6) is 0.226. The van der Waals surface area contributed by atoms with E-state index < -0.39 is 0 Å². The molecular weight excluding hydrogens is 368 g/mol. The summed E-state index contributed by atoms with van der Waals surface area (Å²) in [6.45, 7) is 5.52. The van der Waals surface area contributed by atoms with Gasteiger partial charge in [0, 0.05) is 56.1 Å². The summed E-state index contributed by atoms with van der Waals surface area (Å²) >= 11 is 0. The second-order valence-electron chi connectivity index (χ2n) is 7.92. The van der Waals surface area contributed by atoms with Crippen LogP contribution in [0, 0.1) is 12.8 Å². The quantitative estimate of drug-likeness (QED) is 0.635. The fourth-order valence-electron chi connectivity index (χ4n) is 4.02. The number of hydrogen-bond donors (Lipinski definition) is 4. The number of carbonyl (C=O) groups excluding carboxylic acids is 2. The number of urea groups is 1. The van der Waals surface area contributed by atoms with E-state index in [-0.39, 0.29) is 17.9 Å². The van der Waals surface area contributed by atoms with Crippen molar-refractivity contribution in [3.05, 3.63) is 46.8 Å². The molecule has 1 fully saturated rings. The molecule has 0 aliphatic carbocycles. The van der Waals surface area contributed by atoms with Crippen molar-refractivity contribution in [1.29, 1.82) is 0 Å². The molecular formula is C21H28N6O2. The van der Waals surface area contributed by atoms with E-state index in [1.807, 2.05) is 36.1 Å². The Labute approximate surface area is 170 Å². The molecule has 1 atom stereocenters. The average Bonchev–Trinajstić information content (AvgIpc) is 3.18. The van der Waals surface area contributed by atoms with Gasteiger partial charge in [0.15, 0.2) is 5.69 Å². The predicted molar refractivity (Wildman–Crippen MR) is 111 cm³/mol. The molecule has 2 aromatic rings. The summed E-state index contributed by atoms with van der Waals surface area (Å²) in [6.07, 6.45) is 2.80. The predicted octanol–water partition coefficient (Wildman–Crippen LogP) is 2.04. The van der Waals surface area contributed by atoms with E-state index in [1.54, 1.807) is 0 Å². The number of nitrogens with zero attached hydrogens (tertiary/aromatic N) is 2. The number of aromatic nitrogens is 2. The van der Waals surface area contributed by atoms with Gasteiger partial charge in [-0.1, -0.05) is 17.7 Å². The van der Waals surface area contributed by atoms with E-state index in [4.69, 9.17) is 0 Å². The van der Waals surface area contributed by atoms with E-state index >= 15 is 0 Å². The molecule has 1 aromatic carbocycles. The van der Waals surface area contributed by atoms with Crippen LogP contribution >= 0.6 is 0 Å². The van der Waals surface area contributed by atoms with Crippen LogP contribution in [0.4, 0.5) is 10.5 Å². The SMILES string of the molecule is Cc1ccc(NC(=O)NCC2CCCN(C(=O)c3n[nH]c4c3CNCC4)C2)cc1. The van der Waals surface area contributed by atoms with Gasteiger partial charge in [-0.25, -0.2) is 4.79 Å². The molecule has 4 rings (SSSR count). The smallest absolute Gasteiger partial charge is 0.319 e. The molecule has 1 aromatic heterocycles. The van der Waals surface area contributed by atoms with E-state index in [0.717, 1.165) is 54.9 Å². The van der Waals surface area contributed by atoms with Crippen molar-refractivity contribution in [2.45, 2.75) is 32.7 Å². The number of piperidine rings is 1. The van der Waals surface area contributed by atoms with Crippen LogP contribution in [0.3, 0.4) is 0 Å². The number of fused-ring (bicyclic) bond motifs is 1. The number of hydrogen-bond acceptors (Lipinski definition) is 4. The Morgan fingerprint density at radius 2 is 2.10 bits per heavy atom. The number of anilines is 1. The number of H-pyrrole nitrogens is 1. The number of amides is 3. The molecule has 0 saturated carbocycles. The van der Waals surface area contributed by atoms with Gasteiger partial charge in [0.25, 0.3) is 5.91 Å². The fraction of sp³-hybridized carbons (Fsp3) is 0.476. The van der Waals surface area contributed by atoms with Crippen LogP contribution < -0.4 is 16.0 Å². The van der Waals surface area contributed by atoms with E-state index in [2.05, 4.69) is 26.1 Å². The van der Waals surface area contributed by atoms with Crippen molar-refractivity contribution in [3.63, 3.8) is 0 Å². The van der Waals surface area contributed by atoms with Crippen molar-refractivity contribution >= 4 is 17.6 Å². The van der Waals surface area contributed by atoms with E-state index in [1.165, 1.54) is 0 Å². The third-order valence-electron chi connectivity index (χ3n) is 5.68. The lowest BCUT2D eigenvalue weighted by Gasteiger charge is -2.32. The number of aromatic amines is 1. The van der Waals surface area contributed by atoms with Gasteiger partial charge in [-0.05, 0) is 37.8 Å². The molecule has 0 bridgehead atoms. The second-order valence-corrected chi connectivity index (χ2v) is 7.92. The summed E-state index contributed by atoms with van der Waals surface area (Å²) in [4.78, 5) is 27.1. The minimum atomic E-state index is -0.218. The van der Waals surface area contributed by atoms with E-state index in [0.29, 0.717) is 25.3 Å². The first-order valence-electron chi connectivity index (χ1n) is 10.3. The number of benzene rings is 1. The van der Waals surface area contributed by atoms with Gasteiger partial charge in [0.2, 0.25) is 0 Å². The summed E-state index contributed by atoms with van der Waals surface area (Å²) < 4.78 is 0. The Balaban J connectivity index is 1.30. The Hall–Kier alpha value is -2.87. The third kappa shape index (κ3) is 4.59. The molecule has 154 valence electrons. The zero-order valence-corrected chi connectivity index (χ0v) is 16.8. The highest BCUT2D eigenvalue weighted by Crippen LogP contribution is 2.21. The Kier molecular flexibility index (Phi) is 5.80. The molecule has 2 aliphatic rings. The molecule has 3 heterocycles. The summed E-state index contributed by atoms with van der Waals surface area (Å²) in [7, 11) is 0. The van der Waals surface area contributed by atoms with Gasteiger partial charge in [-0.3, -0.25) is 9.89 Å². The number of aryl methyl sites for hydroxylation is 1. The van der Waals surface area contributed by atoms with Gasteiger partial charge in [-0.15, -0.1) is 0 Å². The highest BCUT2D eigenvalue weighted by atomic mass is 16.2. The van der Waals surface area contributed by atoms with Crippen LogP contribution in [0.1, 0.15) is 40.2 Å². The minimum absolute atomic E-state index is 0.0139. The van der Waals surface area contributed by atoms with Crippen LogP contribution in [-0.4, -0.2) is 53.2 Å². The minimum Gasteiger partial charge on any atom is -0.338 e. The van der Waals surface area contributed by atoms with Crippen LogP contribution in [-0.2, 0) is 13.0 Å². The Morgan fingerprint density at radius 3 is 2.93 bits per heavy atom. The lowest BCUT2D eigenvalue weighted by molar-refractivity contribution is 0.0667. The molecule has 3 amide bonds. The van der Waals surface area contributed by atoms with Crippen molar-refractivity contribution in [1.82, 2.24) is 25.7 Å². The molecule has 29 heavy (non-hydrogen) atoms. The first kappa shape index (κ1) is 19.4. The number of nitrogens with one attached hydrogen (secondary N) is 4. The molecule has 1 unspecified atom stereocenters. The maximum atomic E-state index is 13.0.